The third kappa shape index (κ3) is 4.80. The van der Waals surface area contributed by atoms with E-state index in [4.69, 9.17) is 0 Å². The van der Waals surface area contributed by atoms with Crippen molar-refractivity contribution < 1.29 is 0 Å². The summed E-state index contributed by atoms with van der Waals surface area (Å²) in [6.07, 6.45) is 4.03. The number of hydrogen-bond acceptors (Lipinski definition) is 1. The molecule has 0 saturated carbocycles. The molecule has 0 fully saturated rings. The Labute approximate surface area is 65.4 Å². The fraction of sp³-hybridized carbons (Fsp3) is 1.00. The maximum atomic E-state index is 2.28. The van der Waals surface area contributed by atoms with Crippen molar-refractivity contribution in [2.75, 3.05) is 20.6 Å². The molecule has 0 aromatic heterocycles. The van der Waals surface area contributed by atoms with E-state index in [0.29, 0.717) is 0 Å². The van der Waals surface area contributed by atoms with Gasteiger partial charge in [-0.3, -0.25) is 0 Å². The van der Waals surface area contributed by atoms with E-state index in [-0.39, 0.29) is 0 Å². The first-order valence-corrected chi connectivity index (χ1v) is 4.35. The van der Waals surface area contributed by atoms with Gasteiger partial charge >= 0.3 is 0 Å². The number of nitrogens with zero attached hydrogens (tertiary/aromatic N) is 1. The second kappa shape index (κ2) is 5.72. The second-order valence-corrected chi connectivity index (χ2v) is 3.33. The zero-order valence-electron chi connectivity index (χ0n) is 7.85. The lowest BCUT2D eigenvalue weighted by Crippen LogP contribution is -2.20. The molecule has 0 aliphatic carbocycles. The molecule has 0 radical (unpaired) electrons. The summed E-state index contributed by atoms with van der Waals surface area (Å²) in [6, 6.07) is 0. The molecule has 0 amide bonds. The molecule has 0 aliphatic heterocycles. The average Bonchev–Trinajstić information content (AvgIpc) is 1.86. The van der Waals surface area contributed by atoms with Crippen LogP contribution in [0.2, 0.25) is 0 Å². The van der Waals surface area contributed by atoms with Gasteiger partial charge in [-0.1, -0.05) is 26.7 Å². The summed E-state index contributed by atoms with van der Waals surface area (Å²) in [6.45, 7) is 5.80. The van der Waals surface area contributed by atoms with E-state index < -0.39 is 0 Å². The Morgan fingerprint density at radius 3 is 2.10 bits per heavy atom. The van der Waals surface area contributed by atoms with Gasteiger partial charge in [-0.15, -0.1) is 0 Å². The van der Waals surface area contributed by atoms with Crippen LogP contribution in [-0.4, -0.2) is 25.5 Å². The van der Waals surface area contributed by atoms with E-state index in [1.54, 1.807) is 0 Å². The lowest BCUT2D eigenvalue weighted by Gasteiger charge is -2.18. The lowest BCUT2D eigenvalue weighted by atomic mass is 10.0. The topological polar surface area (TPSA) is 3.24 Å². The minimum Gasteiger partial charge on any atom is -0.309 e. The summed E-state index contributed by atoms with van der Waals surface area (Å²) >= 11 is 0. The Bertz CT molecular complexity index is 69.1. The van der Waals surface area contributed by atoms with Crippen molar-refractivity contribution in [2.45, 2.75) is 33.1 Å². The Kier molecular flexibility index (Phi) is 5.70. The number of rotatable bonds is 5. The molecule has 0 aromatic rings. The highest BCUT2D eigenvalue weighted by Crippen LogP contribution is 2.10. The van der Waals surface area contributed by atoms with Crippen molar-refractivity contribution in [3.8, 4) is 0 Å². The summed E-state index contributed by atoms with van der Waals surface area (Å²) in [7, 11) is 4.30. The largest absolute Gasteiger partial charge is 0.309 e. The van der Waals surface area contributed by atoms with Gasteiger partial charge in [0.15, 0.2) is 0 Å². The predicted molar refractivity (Wildman–Crippen MR) is 47.2 cm³/mol. The minimum absolute atomic E-state index is 0.917. The monoisotopic (exact) mass is 143 g/mol. The van der Waals surface area contributed by atoms with Crippen LogP contribution in [0, 0.1) is 5.92 Å². The van der Waals surface area contributed by atoms with Gasteiger partial charge in [0.1, 0.15) is 0 Å². The molecule has 1 heteroatoms. The van der Waals surface area contributed by atoms with Crippen LogP contribution in [0.4, 0.5) is 0 Å². The normalized spacial score (nSPS) is 14.1. The van der Waals surface area contributed by atoms with Gasteiger partial charge < -0.3 is 4.90 Å². The molecule has 1 atom stereocenters. The molecular weight excluding hydrogens is 122 g/mol. The van der Waals surface area contributed by atoms with Crippen LogP contribution in [0.15, 0.2) is 0 Å². The fourth-order valence-corrected chi connectivity index (χ4v) is 1.35. The maximum Gasteiger partial charge on any atom is 0.000345 e. The molecule has 0 spiro atoms. The van der Waals surface area contributed by atoms with Crippen molar-refractivity contribution in [1.82, 2.24) is 4.90 Å². The first-order valence-electron chi connectivity index (χ1n) is 4.35. The zero-order chi connectivity index (χ0) is 7.98. The van der Waals surface area contributed by atoms with Gasteiger partial charge in [0, 0.05) is 6.54 Å². The molecular formula is C9H21N. The molecule has 0 aliphatic rings. The van der Waals surface area contributed by atoms with Crippen LogP contribution in [0.5, 0.6) is 0 Å². The molecule has 0 heterocycles. The van der Waals surface area contributed by atoms with E-state index in [1.165, 1.54) is 25.8 Å². The highest BCUT2D eigenvalue weighted by molar-refractivity contribution is 4.58. The van der Waals surface area contributed by atoms with Gasteiger partial charge in [-0.2, -0.15) is 0 Å². The highest BCUT2D eigenvalue weighted by Gasteiger charge is 2.04. The first kappa shape index (κ1) is 9.96. The molecule has 0 saturated heterocycles. The maximum absolute atomic E-state index is 2.28. The zero-order valence-corrected chi connectivity index (χ0v) is 7.85. The highest BCUT2D eigenvalue weighted by atomic mass is 15.1. The van der Waals surface area contributed by atoms with E-state index in [1.807, 2.05) is 0 Å². The number of hydrogen-bond donors (Lipinski definition) is 0. The van der Waals surface area contributed by atoms with Crippen LogP contribution in [0.3, 0.4) is 0 Å². The second-order valence-electron chi connectivity index (χ2n) is 3.33. The predicted octanol–water partition coefficient (Wildman–Crippen LogP) is 2.37. The molecule has 0 bridgehead atoms. The Morgan fingerprint density at radius 1 is 1.20 bits per heavy atom. The Balaban J connectivity index is 3.39. The van der Waals surface area contributed by atoms with Crippen molar-refractivity contribution >= 4 is 0 Å². The van der Waals surface area contributed by atoms with E-state index in [0.717, 1.165) is 5.92 Å². The summed E-state index contributed by atoms with van der Waals surface area (Å²) in [4.78, 5) is 2.28. The van der Waals surface area contributed by atoms with Crippen LogP contribution >= 0.6 is 0 Å². The van der Waals surface area contributed by atoms with Crippen LogP contribution < -0.4 is 0 Å². The molecule has 10 heavy (non-hydrogen) atoms. The smallest absolute Gasteiger partial charge is 0.000345 e. The van der Waals surface area contributed by atoms with Crippen molar-refractivity contribution in [1.29, 1.82) is 0 Å². The molecule has 0 rings (SSSR count). The summed E-state index contributed by atoms with van der Waals surface area (Å²) < 4.78 is 0. The molecule has 0 N–H and O–H groups in total. The van der Waals surface area contributed by atoms with E-state index >= 15 is 0 Å². The van der Waals surface area contributed by atoms with Crippen LogP contribution in [0.25, 0.3) is 0 Å². The van der Waals surface area contributed by atoms with Gasteiger partial charge in [0.05, 0.1) is 0 Å². The van der Waals surface area contributed by atoms with Gasteiger partial charge in [-0.25, -0.2) is 0 Å². The molecule has 1 nitrogen and oxygen atoms in total. The van der Waals surface area contributed by atoms with Crippen LogP contribution in [0.1, 0.15) is 33.1 Å². The quantitative estimate of drug-likeness (QED) is 0.571. The van der Waals surface area contributed by atoms with Gasteiger partial charge in [0.25, 0.3) is 0 Å². The lowest BCUT2D eigenvalue weighted by molar-refractivity contribution is 0.304. The Morgan fingerprint density at radius 2 is 1.80 bits per heavy atom. The minimum atomic E-state index is 0.917. The van der Waals surface area contributed by atoms with Gasteiger partial charge in [0.2, 0.25) is 0 Å². The average molecular weight is 143 g/mol. The van der Waals surface area contributed by atoms with E-state index in [2.05, 4.69) is 32.8 Å². The fourth-order valence-electron chi connectivity index (χ4n) is 1.35. The summed E-state index contributed by atoms with van der Waals surface area (Å²) in [5.41, 5.74) is 0. The van der Waals surface area contributed by atoms with Crippen LogP contribution in [-0.2, 0) is 0 Å². The Hall–Kier alpha value is -0.0400. The SMILES string of the molecule is CCCC(CC)CN(C)C. The van der Waals surface area contributed by atoms with Gasteiger partial charge in [-0.05, 0) is 26.4 Å². The standard InChI is InChI=1S/C9H21N/c1-5-7-9(6-2)8-10(3)4/h9H,5-8H2,1-4H3. The summed E-state index contributed by atoms with van der Waals surface area (Å²) in [5.74, 6) is 0.917. The summed E-state index contributed by atoms with van der Waals surface area (Å²) in [5, 5.41) is 0. The molecule has 0 aromatic carbocycles. The third-order valence-corrected chi connectivity index (χ3v) is 1.90. The molecule has 62 valence electrons. The van der Waals surface area contributed by atoms with Crippen molar-refractivity contribution in [2.24, 2.45) is 5.92 Å². The van der Waals surface area contributed by atoms with E-state index in [9.17, 15) is 0 Å². The van der Waals surface area contributed by atoms with Crippen molar-refractivity contribution in [3.05, 3.63) is 0 Å². The third-order valence-electron chi connectivity index (χ3n) is 1.90. The molecule has 1 unspecified atom stereocenters. The van der Waals surface area contributed by atoms with Crippen molar-refractivity contribution in [3.63, 3.8) is 0 Å². The first-order chi connectivity index (χ1) is 4.70.